The number of rotatable bonds is 4. The fourth-order valence-electron chi connectivity index (χ4n) is 1.20. The molecule has 0 heterocycles. The molecule has 0 aliphatic rings. The van der Waals surface area contributed by atoms with E-state index in [0.717, 1.165) is 17.3 Å². The molecule has 0 saturated heterocycles. The maximum Gasteiger partial charge on any atom is 0.144 e. The molecule has 1 aromatic rings. The monoisotopic (exact) mass is 315 g/mol. The van der Waals surface area contributed by atoms with Gasteiger partial charge in [0.1, 0.15) is 11.0 Å². The molecule has 1 rings (SSSR count). The molecular weight excluding hydrogens is 298 g/mol. The molecule has 2 nitrogen and oxygen atoms in total. The van der Waals surface area contributed by atoms with E-state index in [1.165, 1.54) is 5.56 Å². The van der Waals surface area contributed by atoms with Crippen LogP contribution in [0.5, 0.6) is 0 Å². The molecule has 0 saturated carbocycles. The molecule has 1 aromatic carbocycles. The first-order valence-corrected chi connectivity index (χ1v) is 7.49. The normalized spacial score (nSPS) is 14.1. The van der Waals surface area contributed by atoms with Gasteiger partial charge in [-0.2, -0.15) is 4.40 Å². The fourth-order valence-corrected chi connectivity index (χ4v) is 2.24. The van der Waals surface area contributed by atoms with Crippen molar-refractivity contribution in [1.29, 1.82) is 0 Å². The Balaban J connectivity index is 2.46. The smallest absolute Gasteiger partial charge is 0.144 e. The standard InChI is InChI=1S/C13H18BrNOS/c1-13(2,3)17(16)15-10-6-8-11-7-4-5-9-12(11)14/h4-5,7,9-10H,6,8H2,1-3H3/b15-10+/t17-/m1/s1. The zero-order valence-corrected chi connectivity index (χ0v) is 12.8. The van der Waals surface area contributed by atoms with Crippen molar-refractivity contribution in [2.45, 2.75) is 38.4 Å². The first kappa shape index (κ1) is 14.6. The SMILES string of the molecule is CC(C)(C)[S@@](=O)/N=C/CCc1ccccc1Br. The summed E-state index contributed by atoms with van der Waals surface area (Å²) >= 11 is 3.50. The van der Waals surface area contributed by atoms with Gasteiger partial charge in [-0.1, -0.05) is 34.1 Å². The zero-order valence-electron chi connectivity index (χ0n) is 10.4. The van der Waals surface area contributed by atoms with E-state index < -0.39 is 11.0 Å². The lowest BCUT2D eigenvalue weighted by atomic mass is 10.1. The van der Waals surface area contributed by atoms with E-state index in [1.807, 2.05) is 39.0 Å². The van der Waals surface area contributed by atoms with E-state index in [1.54, 1.807) is 6.21 Å². The lowest BCUT2D eigenvalue weighted by Crippen LogP contribution is -2.19. The maximum absolute atomic E-state index is 11.6. The van der Waals surface area contributed by atoms with Crippen molar-refractivity contribution in [3.05, 3.63) is 34.3 Å². The van der Waals surface area contributed by atoms with Crippen LogP contribution >= 0.6 is 15.9 Å². The minimum Gasteiger partial charge on any atom is -0.234 e. The molecule has 0 radical (unpaired) electrons. The van der Waals surface area contributed by atoms with E-state index in [9.17, 15) is 4.21 Å². The van der Waals surface area contributed by atoms with E-state index in [-0.39, 0.29) is 4.75 Å². The number of hydrogen-bond donors (Lipinski definition) is 0. The highest BCUT2D eigenvalue weighted by atomic mass is 79.9. The number of aryl methyl sites for hydroxylation is 1. The van der Waals surface area contributed by atoms with Gasteiger partial charge in [0.2, 0.25) is 0 Å². The molecule has 0 unspecified atom stereocenters. The second-order valence-electron chi connectivity index (χ2n) is 4.78. The van der Waals surface area contributed by atoms with Crippen molar-refractivity contribution < 1.29 is 4.21 Å². The van der Waals surface area contributed by atoms with Crippen molar-refractivity contribution in [1.82, 2.24) is 0 Å². The van der Waals surface area contributed by atoms with Crippen LogP contribution in [-0.2, 0) is 17.4 Å². The lowest BCUT2D eigenvalue weighted by Gasteiger charge is -2.12. The first-order chi connectivity index (χ1) is 7.91. The molecule has 0 bridgehead atoms. The van der Waals surface area contributed by atoms with Crippen molar-refractivity contribution in [3.63, 3.8) is 0 Å². The molecule has 0 aliphatic carbocycles. The third kappa shape index (κ3) is 5.13. The molecular formula is C13H18BrNOS. The van der Waals surface area contributed by atoms with Gasteiger partial charge >= 0.3 is 0 Å². The molecule has 17 heavy (non-hydrogen) atoms. The Hall–Kier alpha value is -0.480. The summed E-state index contributed by atoms with van der Waals surface area (Å²) in [5.74, 6) is 0. The molecule has 0 spiro atoms. The zero-order chi connectivity index (χ0) is 12.9. The van der Waals surface area contributed by atoms with Crippen molar-refractivity contribution in [2.75, 3.05) is 0 Å². The third-order valence-electron chi connectivity index (χ3n) is 2.19. The third-order valence-corrected chi connectivity index (χ3v) is 4.36. The minimum atomic E-state index is -1.14. The lowest BCUT2D eigenvalue weighted by molar-refractivity contribution is 0.650. The van der Waals surface area contributed by atoms with Crippen LogP contribution in [0.25, 0.3) is 0 Å². The topological polar surface area (TPSA) is 29.4 Å². The van der Waals surface area contributed by atoms with E-state index in [2.05, 4.69) is 26.4 Å². The Labute approximate surface area is 114 Å². The van der Waals surface area contributed by atoms with Gasteiger partial charge < -0.3 is 0 Å². The van der Waals surface area contributed by atoms with Crippen LogP contribution in [0.4, 0.5) is 0 Å². The predicted octanol–water partition coefficient (Wildman–Crippen LogP) is 3.91. The Morgan fingerprint density at radius 2 is 2.00 bits per heavy atom. The highest BCUT2D eigenvalue weighted by molar-refractivity contribution is 9.10. The van der Waals surface area contributed by atoms with Crippen LogP contribution in [-0.4, -0.2) is 15.2 Å². The van der Waals surface area contributed by atoms with Crippen LogP contribution in [0, 0.1) is 0 Å². The van der Waals surface area contributed by atoms with Gasteiger partial charge in [-0.25, -0.2) is 4.21 Å². The fraction of sp³-hybridized carbons (Fsp3) is 0.462. The largest absolute Gasteiger partial charge is 0.234 e. The summed E-state index contributed by atoms with van der Waals surface area (Å²) in [5.41, 5.74) is 1.25. The molecule has 94 valence electrons. The van der Waals surface area contributed by atoms with Crippen molar-refractivity contribution in [3.8, 4) is 0 Å². The maximum atomic E-state index is 11.6. The summed E-state index contributed by atoms with van der Waals surface area (Å²) in [7, 11) is -1.14. The van der Waals surface area contributed by atoms with Crippen LogP contribution in [0.1, 0.15) is 32.8 Å². The molecule has 0 aliphatic heterocycles. The summed E-state index contributed by atoms with van der Waals surface area (Å²) in [5, 5.41) is 0. The molecule has 0 amide bonds. The highest BCUT2D eigenvalue weighted by Crippen LogP contribution is 2.17. The molecule has 1 atom stereocenters. The quantitative estimate of drug-likeness (QED) is 0.774. The van der Waals surface area contributed by atoms with Gasteiger partial charge in [0, 0.05) is 10.7 Å². The second-order valence-corrected chi connectivity index (χ2v) is 7.57. The number of nitrogens with zero attached hydrogens (tertiary/aromatic N) is 1. The van der Waals surface area contributed by atoms with Crippen LogP contribution in [0.2, 0.25) is 0 Å². The van der Waals surface area contributed by atoms with Gasteiger partial charge in [-0.05, 0) is 45.2 Å². The molecule has 0 fully saturated rings. The molecule has 4 heteroatoms. The second kappa shape index (κ2) is 6.45. The van der Waals surface area contributed by atoms with Crippen LogP contribution < -0.4 is 0 Å². The van der Waals surface area contributed by atoms with Gasteiger partial charge in [-0.3, -0.25) is 0 Å². The van der Waals surface area contributed by atoms with Gasteiger partial charge in [0.25, 0.3) is 0 Å². The Morgan fingerprint density at radius 3 is 2.59 bits per heavy atom. The predicted molar refractivity (Wildman–Crippen MR) is 78.9 cm³/mol. The van der Waals surface area contributed by atoms with Crippen molar-refractivity contribution >= 4 is 33.1 Å². The summed E-state index contributed by atoms with van der Waals surface area (Å²) in [6, 6.07) is 8.12. The Morgan fingerprint density at radius 1 is 1.35 bits per heavy atom. The summed E-state index contributed by atoms with van der Waals surface area (Å²) in [6.45, 7) is 5.77. The van der Waals surface area contributed by atoms with Gasteiger partial charge in [-0.15, -0.1) is 0 Å². The molecule has 0 N–H and O–H groups in total. The Kier molecular flexibility index (Phi) is 5.53. The highest BCUT2D eigenvalue weighted by Gasteiger charge is 2.17. The average molecular weight is 316 g/mol. The number of hydrogen-bond acceptors (Lipinski definition) is 1. The number of halogens is 1. The van der Waals surface area contributed by atoms with Crippen molar-refractivity contribution in [2.24, 2.45) is 4.40 Å². The number of benzene rings is 1. The first-order valence-electron chi connectivity index (χ1n) is 5.59. The van der Waals surface area contributed by atoms with Gasteiger partial charge in [0.05, 0.1) is 4.75 Å². The summed E-state index contributed by atoms with van der Waals surface area (Å²) in [4.78, 5) is 0. The van der Waals surface area contributed by atoms with Crippen LogP contribution in [0.15, 0.2) is 33.1 Å². The average Bonchev–Trinajstić information content (AvgIpc) is 2.25. The Bertz CT molecular complexity index is 424. The minimum absolute atomic E-state index is 0.274. The van der Waals surface area contributed by atoms with Gasteiger partial charge in [0.15, 0.2) is 0 Å². The molecule has 0 aromatic heterocycles. The summed E-state index contributed by atoms with van der Waals surface area (Å²) in [6.07, 6.45) is 3.48. The van der Waals surface area contributed by atoms with E-state index in [4.69, 9.17) is 0 Å². The summed E-state index contributed by atoms with van der Waals surface area (Å²) < 4.78 is 16.6. The van der Waals surface area contributed by atoms with E-state index in [0.29, 0.717) is 0 Å². The van der Waals surface area contributed by atoms with Crippen LogP contribution in [0.3, 0.4) is 0 Å². The van der Waals surface area contributed by atoms with E-state index >= 15 is 0 Å².